The van der Waals surface area contributed by atoms with Crippen LogP contribution in [0.1, 0.15) is 6.92 Å². The van der Waals surface area contributed by atoms with Crippen LogP contribution in [0.3, 0.4) is 0 Å². The van der Waals surface area contributed by atoms with Crippen LogP contribution in [-0.2, 0) is 0 Å². The highest BCUT2D eigenvalue weighted by atomic mass is 16.3. The smallest absolute Gasteiger partial charge is 0.0748 e. The maximum absolute atomic E-state index is 9.28. The van der Waals surface area contributed by atoms with E-state index in [2.05, 4.69) is 5.32 Å². The van der Waals surface area contributed by atoms with Crippen LogP contribution in [0.4, 0.5) is 11.4 Å². The molecule has 0 saturated heterocycles. The molecular formula is C10H16N2O2. The fourth-order valence-corrected chi connectivity index (χ4v) is 1.11. The van der Waals surface area contributed by atoms with Crippen molar-refractivity contribution in [3.63, 3.8) is 0 Å². The number of nitrogens with two attached hydrogens (primary N) is 1. The Balaban J connectivity index is 2.63. The summed E-state index contributed by atoms with van der Waals surface area (Å²) in [6, 6.07) is 6.79. The van der Waals surface area contributed by atoms with E-state index >= 15 is 0 Å². The average Bonchev–Trinajstić information content (AvgIpc) is 2.16. The standard InChI is InChI=1S/C10H16N2O2/c1-7(14)10(6-13)12-9-4-2-8(11)3-5-9/h2-5,7,10,12-14H,6,11H2,1H3. The van der Waals surface area contributed by atoms with E-state index in [0.29, 0.717) is 5.69 Å². The number of nitrogens with one attached hydrogen (secondary N) is 1. The first-order valence-electron chi connectivity index (χ1n) is 4.54. The van der Waals surface area contributed by atoms with Crippen LogP contribution in [0.15, 0.2) is 24.3 Å². The first-order valence-corrected chi connectivity index (χ1v) is 4.54. The van der Waals surface area contributed by atoms with Crippen molar-refractivity contribution in [3.05, 3.63) is 24.3 Å². The molecule has 1 aromatic rings. The van der Waals surface area contributed by atoms with Crippen LogP contribution in [0, 0.1) is 0 Å². The Labute approximate surface area is 83.4 Å². The van der Waals surface area contributed by atoms with Gasteiger partial charge in [0.1, 0.15) is 0 Å². The van der Waals surface area contributed by atoms with Crippen LogP contribution in [-0.4, -0.2) is 29.0 Å². The summed E-state index contributed by atoms with van der Waals surface area (Å²) in [4.78, 5) is 0. The topological polar surface area (TPSA) is 78.5 Å². The maximum Gasteiger partial charge on any atom is 0.0748 e. The van der Waals surface area contributed by atoms with Crippen LogP contribution < -0.4 is 11.1 Å². The van der Waals surface area contributed by atoms with Gasteiger partial charge in [0.15, 0.2) is 0 Å². The Morgan fingerprint density at radius 2 is 1.93 bits per heavy atom. The molecule has 0 amide bonds. The lowest BCUT2D eigenvalue weighted by atomic mass is 10.2. The van der Waals surface area contributed by atoms with Crippen LogP contribution in [0.25, 0.3) is 0 Å². The predicted octanol–water partition coefficient (Wildman–Crippen LogP) is 0.422. The van der Waals surface area contributed by atoms with Gasteiger partial charge in [-0.25, -0.2) is 0 Å². The van der Waals surface area contributed by atoms with Crippen molar-refractivity contribution in [2.75, 3.05) is 17.7 Å². The number of hydrogen-bond donors (Lipinski definition) is 4. The van der Waals surface area contributed by atoms with E-state index in [0.717, 1.165) is 5.69 Å². The molecule has 0 saturated carbocycles. The van der Waals surface area contributed by atoms with Crippen molar-refractivity contribution in [1.82, 2.24) is 0 Å². The summed E-state index contributed by atoms with van der Waals surface area (Å²) in [6.45, 7) is 1.52. The van der Waals surface area contributed by atoms with Gasteiger partial charge in [-0.05, 0) is 31.2 Å². The zero-order chi connectivity index (χ0) is 10.6. The predicted molar refractivity (Wildman–Crippen MR) is 57.0 cm³/mol. The summed E-state index contributed by atoms with van der Waals surface area (Å²) in [5, 5.41) is 21.2. The van der Waals surface area contributed by atoms with E-state index in [4.69, 9.17) is 10.8 Å². The molecule has 0 radical (unpaired) electrons. The quantitative estimate of drug-likeness (QED) is 0.526. The maximum atomic E-state index is 9.28. The lowest BCUT2D eigenvalue weighted by molar-refractivity contribution is 0.132. The summed E-state index contributed by atoms with van der Waals surface area (Å²) in [6.07, 6.45) is -0.599. The zero-order valence-electron chi connectivity index (χ0n) is 8.14. The van der Waals surface area contributed by atoms with Gasteiger partial charge in [-0.3, -0.25) is 0 Å². The minimum absolute atomic E-state index is 0.109. The number of rotatable bonds is 4. The van der Waals surface area contributed by atoms with Gasteiger partial charge < -0.3 is 21.3 Å². The second kappa shape index (κ2) is 4.83. The molecule has 4 heteroatoms. The minimum atomic E-state index is -0.599. The molecule has 0 bridgehead atoms. The fourth-order valence-electron chi connectivity index (χ4n) is 1.11. The average molecular weight is 196 g/mol. The molecule has 0 aromatic heterocycles. The SMILES string of the molecule is CC(O)C(CO)Nc1ccc(N)cc1. The summed E-state index contributed by atoms with van der Waals surface area (Å²) < 4.78 is 0. The number of nitrogen functional groups attached to an aromatic ring is 1. The molecule has 4 nitrogen and oxygen atoms in total. The lowest BCUT2D eigenvalue weighted by Crippen LogP contribution is -2.34. The molecule has 0 spiro atoms. The molecule has 78 valence electrons. The highest BCUT2D eigenvalue weighted by molar-refractivity contribution is 5.51. The van der Waals surface area contributed by atoms with Crippen molar-refractivity contribution in [1.29, 1.82) is 0 Å². The van der Waals surface area contributed by atoms with Gasteiger partial charge in [0.25, 0.3) is 0 Å². The number of hydrogen-bond acceptors (Lipinski definition) is 4. The molecule has 0 fully saturated rings. The van der Waals surface area contributed by atoms with Gasteiger partial charge in [-0.15, -0.1) is 0 Å². The molecule has 2 atom stereocenters. The van der Waals surface area contributed by atoms with E-state index in [9.17, 15) is 5.11 Å². The molecule has 5 N–H and O–H groups in total. The zero-order valence-corrected chi connectivity index (χ0v) is 8.14. The van der Waals surface area contributed by atoms with Gasteiger partial charge >= 0.3 is 0 Å². The second-order valence-corrected chi connectivity index (χ2v) is 3.30. The number of aliphatic hydroxyl groups is 2. The van der Waals surface area contributed by atoms with E-state index in [1.54, 1.807) is 31.2 Å². The van der Waals surface area contributed by atoms with Gasteiger partial charge in [0.2, 0.25) is 0 Å². The largest absolute Gasteiger partial charge is 0.399 e. The van der Waals surface area contributed by atoms with Crippen LogP contribution >= 0.6 is 0 Å². The van der Waals surface area contributed by atoms with E-state index < -0.39 is 6.10 Å². The van der Waals surface area contributed by atoms with Gasteiger partial charge in [-0.1, -0.05) is 0 Å². The Morgan fingerprint density at radius 3 is 2.36 bits per heavy atom. The van der Waals surface area contributed by atoms with Gasteiger partial charge in [0.05, 0.1) is 18.8 Å². The number of anilines is 2. The van der Waals surface area contributed by atoms with E-state index in [1.165, 1.54) is 0 Å². The number of aliphatic hydroxyl groups excluding tert-OH is 2. The number of benzene rings is 1. The molecule has 1 rings (SSSR count). The Hall–Kier alpha value is -1.26. The lowest BCUT2D eigenvalue weighted by Gasteiger charge is -2.20. The molecule has 0 aliphatic rings. The monoisotopic (exact) mass is 196 g/mol. The minimum Gasteiger partial charge on any atom is -0.399 e. The van der Waals surface area contributed by atoms with Gasteiger partial charge in [0, 0.05) is 11.4 Å². The normalized spacial score (nSPS) is 14.8. The van der Waals surface area contributed by atoms with E-state index in [-0.39, 0.29) is 12.6 Å². The van der Waals surface area contributed by atoms with Crippen molar-refractivity contribution in [2.24, 2.45) is 0 Å². The summed E-state index contributed by atoms with van der Waals surface area (Å²) in [7, 11) is 0. The highest BCUT2D eigenvalue weighted by Gasteiger charge is 2.12. The van der Waals surface area contributed by atoms with Crippen molar-refractivity contribution in [3.8, 4) is 0 Å². The molecule has 0 aliphatic heterocycles. The molecule has 2 unspecified atom stereocenters. The van der Waals surface area contributed by atoms with Crippen molar-refractivity contribution < 1.29 is 10.2 Å². The summed E-state index contributed by atoms with van der Waals surface area (Å²) in [5.74, 6) is 0. The fraction of sp³-hybridized carbons (Fsp3) is 0.400. The molecule has 0 aliphatic carbocycles. The first kappa shape index (κ1) is 10.8. The Morgan fingerprint density at radius 1 is 1.36 bits per heavy atom. The van der Waals surface area contributed by atoms with E-state index in [1.807, 2.05) is 0 Å². The molecule has 0 heterocycles. The van der Waals surface area contributed by atoms with Crippen molar-refractivity contribution >= 4 is 11.4 Å². The first-order chi connectivity index (χ1) is 6.63. The highest BCUT2D eigenvalue weighted by Crippen LogP contribution is 2.12. The van der Waals surface area contributed by atoms with Crippen LogP contribution in [0.5, 0.6) is 0 Å². The molecular weight excluding hydrogens is 180 g/mol. The Kier molecular flexibility index (Phi) is 3.73. The van der Waals surface area contributed by atoms with Crippen LogP contribution in [0.2, 0.25) is 0 Å². The summed E-state index contributed by atoms with van der Waals surface area (Å²) >= 11 is 0. The molecule has 1 aromatic carbocycles. The van der Waals surface area contributed by atoms with Gasteiger partial charge in [-0.2, -0.15) is 0 Å². The molecule has 14 heavy (non-hydrogen) atoms. The Bertz CT molecular complexity index is 272. The third-order valence-electron chi connectivity index (χ3n) is 2.04. The van der Waals surface area contributed by atoms with Crippen molar-refractivity contribution in [2.45, 2.75) is 19.1 Å². The third kappa shape index (κ3) is 2.90. The summed E-state index contributed by atoms with van der Waals surface area (Å²) in [5.41, 5.74) is 7.04. The second-order valence-electron chi connectivity index (χ2n) is 3.30. The third-order valence-corrected chi connectivity index (χ3v) is 2.04.